The van der Waals surface area contributed by atoms with Gasteiger partial charge in [0.2, 0.25) is 5.91 Å². The number of likely N-dealkylation sites (tertiary alicyclic amines) is 1. The van der Waals surface area contributed by atoms with E-state index in [2.05, 4.69) is 0 Å². The van der Waals surface area contributed by atoms with Gasteiger partial charge in [-0.05, 0) is 30.5 Å². The maximum absolute atomic E-state index is 12.0. The summed E-state index contributed by atoms with van der Waals surface area (Å²) in [6.45, 7) is 1.34. The molecule has 0 unspecified atom stereocenters. The van der Waals surface area contributed by atoms with Crippen LogP contribution in [0.1, 0.15) is 18.4 Å². The lowest BCUT2D eigenvalue weighted by Gasteiger charge is -2.15. The fourth-order valence-electron chi connectivity index (χ4n) is 2.18. The monoisotopic (exact) mass is 301 g/mol. The SMILES string of the molecule is O=C(CS(=O)(=O)Cc1cccc(Cl)c1)N1CCCC1. The van der Waals surface area contributed by atoms with E-state index in [1.807, 2.05) is 0 Å². The Hall–Kier alpha value is -1.07. The second-order valence-electron chi connectivity index (χ2n) is 4.75. The van der Waals surface area contributed by atoms with Gasteiger partial charge in [-0.3, -0.25) is 4.79 Å². The Bertz CT molecular complexity index is 565. The minimum absolute atomic E-state index is 0.146. The van der Waals surface area contributed by atoms with Gasteiger partial charge in [0.25, 0.3) is 0 Å². The lowest BCUT2D eigenvalue weighted by molar-refractivity contribution is -0.127. The average Bonchev–Trinajstić information content (AvgIpc) is 2.80. The highest BCUT2D eigenvalue weighted by Gasteiger charge is 2.24. The Morgan fingerprint density at radius 2 is 1.95 bits per heavy atom. The molecule has 1 aliphatic heterocycles. The van der Waals surface area contributed by atoms with Gasteiger partial charge in [0.05, 0.1) is 5.75 Å². The quantitative estimate of drug-likeness (QED) is 0.853. The van der Waals surface area contributed by atoms with Gasteiger partial charge in [-0.15, -0.1) is 0 Å². The van der Waals surface area contributed by atoms with Gasteiger partial charge in [0, 0.05) is 18.1 Å². The van der Waals surface area contributed by atoms with Gasteiger partial charge >= 0.3 is 0 Å². The molecule has 1 amide bonds. The maximum atomic E-state index is 12.0. The number of amides is 1. The van der Waals surface area contributed by atoms with E-state index in [0.29, 0.717) is 23.7 Å². The van der Waals surface area contributed by atoms with Crippen LogP contribution in [-0.4, -0.2) is 38.1 Å². The summed E-state index contributed by atoms with van der Waals surface area (Å²) in [6.07, 6.45) is 1.92. The Morgan fingerprint density at radius 3 is 2.58 bits per heavy atom. The van der Waals surface area contributed by atoms with Crippen molar-refractivity contribution >= 4 is 27.3 Å². The zero-order valence-corrected chi connectivity index (χ0v) is 12.1. The molecule has 0 atom stereocenters. The van der Waals surface area contributed by atoms with Crippen LogP contribution >= 0.6 is 11.6 Å². The fraction of sp³-hybridized carbons (Fsp3) is 0.462. The van der Waals surface area contributed by atoms with E-state index >= 15 is 0 Å². The molecule has 0 aliphatic carbocycles. The number of halogens is 1. The first-order valence-electron chi connectivity index (χ1n) is 6.19. The van der Waals surface area contributed by atoms with Crippen LogP contribution in [0.3, 0.4) is 0 Å². The van der Waals surface area contributed by atoms with Gasteiger partial charge in [-0.25, -0.2) is 8.42 Å². The van der Waals surface area contributed by atoms with Crippen LogP contribution in [0.2, 0.25) is 5.02 Å². The Kier molecular flexibility index (Phi) is 4.47. The minimum Gasteiger partial charge on any atom is -0.342 e. The molecular weight excluding hydrogens is 286 g/mol. The fourth-order valence-corrected chi connectivity index (χ4v) is 3.74. The van der Waals surface area contributed by atoms with E-state index in [4.69, 9.17) is 11.6 Å². The summed E-state index contributed by atoms with van der Waals surface area (Å²) in [5.74, 6) is -0.855. The summed E-state index contributed by atoms with van der Waals surface area (Å²) in [4.78, 5) is 13.5. The van der Waals surface area contributed by atoms with Crippen LogP contribution in [0, 0.1) is 0 Å². The molecule has 0 spiro atoms. The van der Waals surface area contributed by atoms with Crippen molar-refractivity contribution in [3.8, 4) is 0 Å². The molecule has 0 saturated carbocycles. The van der Waals surface area contributed by atoms with E-state index in [-0.39, 0.29) is 11.7 Å². The van der Waals surface area contributed by atoms with E-state index in [9.17, 15) is 13.2 Å². The Morgan fingerprint density at radius 1 is 1.26 bits per heavy atom. The molecule has 2 rings (SSSR count). The maximum Gasteiger partial charge on any atom is 0.237 e. The standard InChI is InChI=1S/C13H16ClNO3S/c14-12-5-3-4-11(8-12)9-19(17,18)10-13(16)15-6-1-2-7-15/h3-5,8H,1-2,6-7,9-10H2. The van der Waals surface area contributed by atoms with Crippen molar-refractivity contribution in [2.75, 3.05) is 18.8 Å². The predicted octanol–water partition coefficient (Wildman–Crippen LogP) is 1.88. The number of carbonyl (C=O) groups is 1. The summed E-state index contributed by atoms with van der Waals surface area (Å²) in [5, 5.41) is 0.499. The summed E-state index contributed by atoms with van der Waals surface area (Å²) in [7, 11) is -3.44. The van der Waals surface area contributed by atoms with Gasteiger partial charge in [0.15, 0.2) is 9.84 Å². The van der Waals surface area contributed by atoms with Gasteiger partial charge < -0.3 is 4.90 Å². The summed E-state index contributed by atoms with van der Waals surface area (Å²) < 4.78 is 24.0. The van der Waals surface area contributed by atoms with E-state index in [1.165, 1.54) is 0 Å². The molecule has 1 aliphatic rings. The molecule has 0 aromatic heterocycles. The van der Waals surface area contributed by atoms with Crippen molar-refractivity contribution in [3.63, 3.8) is 0 Å². The molecule has 1 aromatic carbocycles. The molecule has 19 heavy (non-hydrogen) atoms. The zero-order valence-electron chi connectivity index (χ0n) is 10.5. The lowest BCUT2D eigenvalue weighted by atomic mass is 10.2. The molecule has 6 heteroatoms. The molecule has 0 radical (unpaired) electrons. The largest absolute Gasteiger partial charge is 0.342 e. The number of rotatable bonds is 4. The number of carbonyl (C=O) groups excluding carboxylic acids is 1. The lowest BCUT2D eigenvalue weighted by Crippen LogP contribution is -2.33. The van der Waals surface area contributed by atoms with Crippen molar-refractivity contribution in [3.05, 3.63) is 34.9 Å². The molecule has 4 nitrogen and oxygen atoms in total. The van der Waals surface area contributed by atoms with E-state index in [0.717, 1.165) is 12.8 Å². The highest BCUT2D eigenvalue weighted by molar-refractivity contribution is 7.91. The molecular formula is C13H16ClNO3S. The first-order chi connectivity index (χ1) is 8.96. The van der Waals surface area contributed by atoms with Crippen LogP contribution in [0.4, 0.5) is 0 Å². The molecule has 1 saturated heterocycles. The molecule has 1 fully saturated rings. The highest BCUT2D eigenvalue weighted by atomic mass is 35.5. The first-order valence-corrected chi connectivity index (χ1v) is 8.39. The third-order valence-electron chi connectivity index (χ3n) is 3.08. The topological polar surface area (TPSA) is 54.5 Å². The van der Waals surface area contributed by atoms with Gasteiger partial charge in [-0.1, -0.05) is 23.7 Å². The third kappa shape index (κ3) is 4.21. The number of nitrogens with zero attached hydrogens (tertiary/aromatic N) is 1. The highest BCUT2D eigenvalue weighted by Crippen LogP contribution is 2.15. The molecule has 1 heterocycles. The molecule has 0 N–H and O–H groups in total. The second kappa shape index (κ2) is 5.92. The van der Waals surface area contributed by atoms with Crippen molar-refractivity contribution in [1.29, 1.82) is 0 Å². The summed E-state index contributed by atoms with van der Waals surface area (Å²) in [6, 6.07) is 6.70. The summed E-state index contributed by atoms with van der Waals surface area (Å²) >= 11 is 5.81. The normalized spacial score (nSPS) is 15.7. The molecule has 104 valence electrons. The van der Waals surface area contributed by atoms with Crippen molar-refractivity contribution < 1.29 is 13.2 Å². The van der Waals surface area contributed by atoms with Crippen molar-refractivity contribution in [2.45, 2.75) is 18.6 Å². The van der Waals surface area contributed by atoms with E-state index < -0.39 is 15.6 Å². The number of sulfone groups is 1. The smallest absolute Gasteiger partial charge is 0.237 e. The van der Waals surface area contributed by atoms with Gasteiger partial charge in [-0.2, -0.15) is 0 Å². The van der Waals surface area contributed by atoms with Crippen molar-refractivity contribution in [2.24, 2.45) is 0 Å². The zero-order chi connectivity index (χ0) is 13.9. The minimum atomic E-state index is -3.44. The number of hydrogen-bond donors (Lipinski definition) is 0. The number of hydrogen-bond acceptors (Lipinski definition) is 3. The average molecular weight is 302 g/mol. The second-order valence-corrected chi connectivity index (χ2v) is 7.25. The van der Waals surface area contributed by atoms with Crippen LogP contribution < -0.4 is 0 Å². The van der Waals surface area contributed by atoms with Crippen LogP contribution in [0.25, 0.3) is 0 Å². The predicted molar refractivity (Wildman–Crippen MR) is 74.8 cm³/mol. The Balaban J connectivity index is 2.00. The Labute approximate surface area is 118 Å². The van der Waals surface area contributed by atoms with Gasteiger partial charge in [0.1, 0.15) is 5.75 Å². The molecule has 0 bridgehead atoms. The molecule has 1 aromatic rings. The first kappa shape index (κ1) is 14.3. The van der Waals surface area contributed by atoms with Crippen LogP contribution in [0.15, 0.2) is 24.3 Å². The van der Waals surface area contributed by atoms with E-state index in [1.54, 1.807) is 29.2 Å². The third-order valence-corrected chi connectivity index (χ3v) is 4.77. The van der Waals surface area contributed by atoms with Crippen molar-refractivity contribution in [1.82, 2.24) is 4.90 Å². The summed E-state index contributed by atoms with van der Waals surface area (Å²) in [5.41, 5.74) is 0.613. The number of benzene rings is 1. The van der Waals surface area contributed by atoms with Crippen LogP contribution in [0.5, 0.6) is 0 Å². The van der Waals surface area contributed by atoms with Crippen LogP contribution in [-0.2, 0) is 20.4 Å².